The molecule has 2 rings (SSSR count). The lowest BCUT2D eigenvalue weighted by atomic mass is 10.0. The minimum atomic E-state index is 0.0363. The van der Waals surface area contributed by atoms with Crippen LogP contribution in [-0.2, 0) is 11.2 Å². The van der Waals surface area contributed by atoms with Gasteiger partial charge in [0.05, 0.1) is 12.7 Å². The van der Waals surface area contributed by atoms with E-state index in [0.717, 1.165) is 36.0 Å². The maximum Gasteiger partial charge on any atom is 0.224 e. The maximum atomic E-state index is 12.0. The molecule has 21 heavy (non-hydrogen) atoms. The number of aryl methyl sites for hydroxylation is 2. The molecule has 1 aromatic carbocycles. The topological polar surface area (TPSA) is 54.3 Å². The molecule has 2 aromatic rings. The molecular formula is C17H24N2O2. The van der Waals surface area contributed by atoms with E-state index >= 15 is 0 Å². The van der Waals surface area contributed by atoms with Crippen molar-refractivity contribution in [2.75, 3.05) is 19.6 Å². The normalized spacial score (nSPS) is 11.0. The van der Waals surface area contributed by atoms with Crippen LogP contribution in [0.1, 0.15) is 30.0 Å². The Bertz CT molecular complexity index is 617. The fourth-order valence-electron chi connectivity index (χ4n) is 2.30. The highest BCUT2D eigenvalue weighted by Crippen LogP contribution is 2.25. The minimum absolute atomic E-state index is 0.0363. The van der Waals surface area contributed by atoms with Crippen molar-refractivity contribution in [1.82, 2.24) is 10.6 Å². The van der Waals surface area contributed by atoms with Crippen molar-refractivity contribution < 1.29 is 9.21 Å². The molecule has 0 aliphatic rings. The molecule has 2 N–H and O–H groups in total. The highest BCUT2D eigenvalue weighted by atomic mass is 16.3. The van der Waals surface area contributed by atoms with Crippen LogP contribution in [0, 0.1) is 13.8 Å². The Labute approximate surface area is 125 Å². The molecule has 0 saturated carbocycles. The second kappa shape index (κ2) is 7.27. The van der Waals surface area contributed by atoms with E-state index in [-0.39, 0.29) is 5.91 Å². The third-order valence-corrected chi connectivity index (χ3v) is 3.67. The van der Waals surface area contributed by atoms with E-state index in [0.29, 0.717) is 13.0 Å². The molecular weight excluding hydrogens is 264 g/mol. The molecule has 0 radical (unpaired) electrons. The average molecular weight is 288 g/mol. The second-order valence-corrected chi connectivity index (χ2v) is 5.47. The third kappa shape index (κ3) is 4.08. The van der Waals surface area contributed by atoms with Crippen molar-refractivity contribution in [2.45, 2.75) is 33.6 Å². The first-order valence-corrected chi connectivity index (χ1v) is 7.56. The molecule has 0 saturated heterocycles. The Hall–Kier alpha value is -1.81. The summed E-state index contributed by atoms with van der Waals surface area (Å²) in [5.74, 6) is 0.0363. The quantitative estimate of drug-likeness (QED) is 0.770. The van der Waals surface area contributed by atoms with E-state index in [1.54, 1.807) is 6.26 Å². The zero-order valence-electron chi connectivity index (χ0n) is 13.1. The van der Waals surface area contributed by atoms with E-state index < -0.39 is 0 Å². The second-order valence-electron chi connectivity index (χ2n) is 5.47. The van der Waals surface area contributed by atoms with Crippen LogP contribution < -0.4 is 10.6 Å². The van der Waals surface area contributed by atoms with Crippen molar-refractivity contribution in [3.8, 4) is 0 Å². The van der Waals surface area contributed by atoms with Gasteiger partial charge < -0.3 is 15.1 Å². The van der Waals surface area contributed by atoms with Crippen molar-refractivity contribution in [3.05, 3.63) is 35.1 Å². The molecule has 4 nitrogen and oxygen atoms in total. The number of hydrogen-bond acceptors (Lipinski definition) is 3. The van der Waals surface area contributed by atoms with E-state index in [1.165, 1.54) is 11.1 Å². The van der Waals surface area contributed by atoms with Gasteiger partial charge in [-0.3, -0.25) is 4.79 Å². The molecule has 0 aliphatic heterocycles. The summed E-state index contributed by atoms with van der Waals surface area (Å²) in [4.78, 5) is 12.0. The summed E-state index contributed by atoms with van der Waals surface area (Å²) in [5, 5.41) is 7.23. The van der Waals surface area contributed by atoms with Gasteiger partial charge in [0.15, 0.2) is 0 Å². The first-order chi connectivity index (χ1) is 10.1. The summed E-state index contributed by atoms with van der Waals surface area (Å²) in [6.45, 7) is 8.72. The molecule has 0 atom stereocenters. The molecule has 1 amide bonds. The van der Waals surface area contributed by atoms with Crippen LogP contribution in [0.3, 0.4) is 0 Å². The van der Waals surface area contributed by atoms with E-state index in [9.17, 15) is 4.79 Å². The van der Waals surface area contributed by atoms with Crippen LogP contribution in [0.25, 0.3) is 11.0 Å². The summed E-state index contributed by atoms with van der Waals surface area (Å²) in [7, 11) is 0. The Morgan fingerprint density at radius 1 is 1.14 bits per heavy atom. The highest BCUT2D eigenvalue weighted by molar-refractivity contribution is 5.88. The van der Waals surface area contributed by atoms with Crippen LogP contribution in [0.5, 0.6) is 0 Å². The highest BCUT2D eigenvalue weighted by Gasteiger charge is 2.11. The zero-order valence-corrected chi connectivity index (χ0v) is 13.1. The van der Waals surface area contributed by atoms with Crippen molar-refractivity contribution in [2.24, 2.45) is 0 Å². The summed E-state index contributed by atoms with van der Waals surface area (Å²) in [5.41, 5.74) is 4.22. The van der Waals surface area contributed by atoms with Crippen LogP contribution in [-0.4, -0.2) is 25.5 Å². The van der Waals surface area contributed by atoms with E-state index in [4.69, 9.17) is 4.42 Å². The van der Waals surface area contributed by atoms with Gasteiger partial charge >= 0.3 is 0 Å². The molecule has 1 heterocycles. The zero-order chi connectivity index (χ0) is 15.2. The fraction of sp³-hybridized carbons (Fsp3) is 0.471. The number of amides is 1. The van der Waals surface area contributed by atoms with Gasteiger partial charge in [-0.25, -0.2) is 0 Å². The largest absolute Gasteiger partial charge is 0.464 e. The number of fused-ring (bicyclic) bond motifs is 1. The van der Waals surface area contributed by atoms with Crippen LogP contribution in [0.2, 0.25) is 0 Å². The summed E-state index contributed by atoms with van der Waals surface area (Å²) in [6.07, 6.45) is 3.16. The van der Waals surface area contributed by atoms with Crippen LogP contribution >= 0.6 is 0 Å². The predicted octanol–water partition coefficient (Wildman–Crippen LogP) is 2.71. The Morgan fingerprint density at radius 2 is 1.90 bits per heavy atom. The molecule has 114 valence electrons. The van der Waals surface area contributed by atoms with Gasteiger partial charge in [-0.1, -0.05) is 6.92 Å². The summed E-state index contributed by atoms with van der Waals surface area (Å²) in [6, 6.07) is 4.13. The number of carbonyl (C=O) groups excluding carboxylic acids is 1. The smallest absolute Gasteiger partial charge is 0.224 e. The van der Waals surface area contributed by atoms with Gasteiger partial charge in [0, 0.05) is 24.0 Å². The van der Waals surface area contributed by atoms with Gasteiger partial charge in [-0.2, -0.15) is 0 Å². The lowest BCUT2D eigenvalue weighted by Gasteiger charge is -2.06. The SMILES string of the molecule is CCCNCCNC(=O)Cc1coc2cc(C)c(C)cc12. The van der Waals surface area contributed by atoms with Gasteiger partial charge in [0.1, 0.15) is 5.58 Å². The van der Waals surface area contributed by atoms with Crippen LogP contribution in [0.15, 0.2) is 22.8 Å². The number of nitrogens with one attached hydrogen (secondary N) is 2. The number of hydrogen-bond donors (Lipinski definition) is 2. The maximum absolute atomic E-state index is 12.0. The number of furan rings is 1. The molecule has 4 heteroatoms. The monoisotopic (exact) mass is 288 g/mol. The lowest BCUT2D eigenvalue weighted by Crippen LogP contribution is -2.32. The molecule has 0 bridgehead atoms. The fourth-order valence-corrected chi connectivity index (χ4v) is 2.30. The first-order valence-electron chi connectivity index (χ1n) is 7.56. The van der Waals surface area contributed by atoms with Gasteiger partial charge in [0.25, 0.3) is 0 Å². The third-order valence-electron chi connectivity index (χ3n) is 3.67. The Balaban J connectivity index is 1.93. The van der Waals surface area contributed by atoms with Gasteiger partial charge in [0.2, 0.25) is 5.91 Å². The first kappa shape index (κ1) is 15.6. The van der Waals surface area contributed by atoms with Crippen molar-refractivity contribution in [1.29, 1.82) is 0 Å². The number of rotatable bonds is 7. The molecule has 1 aromatic heterocycles. The van der Waals surface area contributed by atoms with Crippen molar-refractivity contribution >= 4 is 16.9 Å². The summed E-state index contributed by atoms with van der Waals surface area (Å²) >= 11 is 0. The standard InChI is InChI=1S/C17H24N2O2/c1-4-5-18-6-7-19-17(20)10-14-11-21-16-9-13(3)12(2)8-15(14)16/h8-9,11,18H,4-7,10H2,1-3H3,(H,19,20). The molecule has 0 aliphatic carbocycles. The van der Waals surface area contributed by atoms with E-state index in [1.807, 2.05) is 6.07 Å². The number of carbonyl (C=O) groups is 1. The number of benzene rings is 1. The minimum Gasteiger partial charge on any atom is -0.464 e. The van der Waals surface area contributed by atoms with Gasteiger partial charge in [-0.05, 0) is 50.1 Å². The van der Waals surface area contributed by atoms with E-state index in [2.05, 4.69) is 37.5 Å². The predicted molar refractivity (Wildman–Crippen MR) is 85.6 cm³/mol. The Morgan fingerprint density at radius 3 is 2.67 bits per heavy atom. The van der Waals surface area contributed by atoms with Crippen LogP contribution in [0.4, 0.5) is 0 Å². The molecule has 0 fully saturated rings. The van der Waals surface area contributed by atoms with Gasteiger partial charge in [-0.15, -0.1) is 0 Å². The Kier molecular flexibility index (Phi) is 5.39. The average Bonchev–Trinajstić information content (AvgIpc) is 2.81. The molecule has 0 unspecified atom stereocenters. The lowest BCUT2D eigenvalue weighted by molar-refractivity contribution is -0.120. The molecule has 0 spiro atoms. The van der Waals surface area contributed by atoms with Crippen molar-refractivity contribution in [3.63, 3.8) is 0 Å². The summed E-state index contributed by atoms with van der Waals surface area (Å²) < 4.78 is 5.55.